The van der Waals surface area contributed by atoms with Crippen LogP contribution in [-0.4, -0.2) is 33.9 Å². The number of rotatable bonds is 5. The van der Waals surface area contributed by atoms with Crippen molar-refractivity contribution in [2.24, 2.45) is 0 Å². The fraction of sp³-hybridized carbons (Fsp3) is 0.346. The third-order valence-corrected chi connectivity index (χ3v) is 5.81. The van der Waals surface area contributed by atoms with Crippen molar-refractivity contribution in [1.29, 1.82) is 0 Å². The average Bonchev–Trinajstić information content (AvgIpc) is 3.27. The van der Waals surface area contributed by atoms with Gasteiger partial charge in [0, 0.05) is 36.4 Å². The summed E-state index contributed by atoms with van der Waals surface area (Å²) in [6, 6.07) is 14.0. The number of hydrogen-bond acceptors (Lipinski definition) is 4. The maximum Gasteiger partial charge on any atom is 0.257 e. The molecule has 3 heterocycles. The van der Waals surface area contributed by atoms with Crippen LogP contribution in [0.25, 0.3) is 11.3 Å². The standard InChI is InChI=1S/C26H30N4O/c1-26(2,3)20-8-10-21(11-9-20)29-25(31)23-17-27-14-12-22(23)24-19(7-6-13-28-24)18-30-15-4-5-16-30/h6-14,17H,4-5,15-16,18H2,1-3H3,(H,29,31). The van der Waals surface area contributed by atoms with Gasteiger partial charge in [-0.15, -0.1) is 0 Å². The molecule has 31 heavy (non-hydrogen) atoms. The highest BCUT2D eigenvalue weighted by molar-refractivity contribution is 6.08. The third kappa shape index (κ3) is 5.00. The molecule has 1 aliphatic rings. The number of likely N-dealkylation sites (tertiary alicyclic amines) is 1. The smallest absolute Gasteiger partial charge is 0.257 e. The molecule has 1 fully saturated rings. The molecule has 4 rings (SSSR count). The Morgan fingerprint density at radius 2 is 1.77 bits per heavy atom. The Labute approximate surface area is 184 Å². The number of hydrogen-bond donors (Lipinski definition) is 1. The molecule has 1 aliphatic heterocycles. The number of carbonyl (C=O) groups excluding carboxylic acids is 1. The van der Waals surface area contributed by atoms with Gasteiger partial charge in [0.05, 0.1) is 11.3 Å². The predicted molar refractivity (Wildman–Crippen MR) is 125 cm³/mol. The maximum absolute atomic E-state index is 13.2. The molecule has 0 aliphatic carbocycles. The van der Waals surface area contributed by atoms with Gasteiger partial charge in [0.15, 0.2) is 0 Å². The van der Waals surface area contributed by atoms with Gasteiger partial charge in [-0.05, 0) is 66.7 Å². The predicted octanol–water partition coefficient (Wildman–Crippen LogP) is 5.29. The molecule has 0 bridgehead atoms. The van der Waals surface area contributed by atoms with Crippen molar-refractivity contribution in [2.75, 3.05) is 18.4 Å². The van der Waals surface area contributed by atoms with Crippen molar-refractivity contribution in [3.8, 4) is 11.3 Å². The van der Waals surface area contributed by atoms with E-state index >= 15 is 0 Å². The summed E-state index contributed by atoms with van der Waals surface area (Å²) in [6.07, 6.45) is 7.62. The molecule has 2 aromatic heterocycles. The lowest BCUT2D eigenvalue weighted by molar-refractivity contribution is 0.102. The summed E-state index contributed by atoms with van der Waals surface area (Å²) in [5, 5.41) is 3.02. The number of amides is 1. The van der Waals surface area contributed by atoms with Crippen LogP contribution < -0.4 is 5.32 Å². The first-order valence-electron chi connectivity index (χ1n) is 10.9. The number of nitrogens with one attached hydrogen (secondary N) is 1. The topological polar surface area (TPSA) is 58.1 Å². The van der Waals surface area contributed by atoms with Crippen molar-refractivity contribution >= 4 is 11.6 Å². The van der Waals surface area contributed by atoms with Crippen LogP contribution in [0.2, 0.25) is 0 Å². The second-order valence-corrected chi connectivity index (χ2v) is 9.20. The number of carbonyl (C=O) groups is 1. The Balaban J connectivity index is 1.60. The highest BCUT2D eigenvalue weighted by Crippen LogP contribution is 2.28. The van der Waals surface area contributed by atoms with E-state index in [4.69, 9.17) is 0 Å². The first-order chi connectivity index (χ1) is 14.9. The van der Waals surface area contributed by atoms with Gasteiger partial charge < -0.3 is 5.32 Å². The van der Waals surface area contributed by atoms with Gasteiger partial charge in [-0.2, -0.15) is 0 Å². The summed E-state index contributed by atoms with van der Waals surface area (Å²) in [5.74, 6) is -0.176. The van der Waals surface area contributed by atoms with Crippen LogP contribution >= 0.6 is 0 Å². The summed E-state index contributed by atoms with van der Waals surface area (Å²) in [6.45, 7) is 9.60. The molecule has 0 atom stereocenters. The average molecular weight is 415 g/mol. The molecule has 5 heteroatoms. The molecule has 3 aromatic rings. The Morgan fingerprint density at radius 3 is 2.48 bits per heavy atom. The molecule has 160 valence electrons. The van der Waals surface area contributed by atoms with E-state index in [1.54, 1.807) is 18.6 Å². The number of aromatic nitrogens is 2. The van der Waals surface area contributed by atoms with Gasteiger partial charge in [0.1, 0.15) is 0 Å². The van der Waals surface area contributed by atoms with Crippen LogP contribution in [-0.2, 0) is 12.0 Å². The molecule has 0 radical (unpaired) electrons. The molecule has 5 nitrogen and oxygen atoms in total. The summed E-state index contributed by atoms with van der Waals surface area (Å²) in [5.41, 5.74) is 5.41. The second kappa shape index (κ2) is 8.98. The summed E-state index contributed by atoms with van der Waals surface area (Å²) >= 11 is 0. The van der Waals surface area contributed by atoms with Gasteiger partial charge in [0.2, 0.25) is 0 Å². The lowest BCUT2D eigenvalue weighted by Gasteiger charge is -2.19. The number of benzene rings is 1. The number of anilines is 1. The fourth-order valence-electron chi connectivity index (χ4n) is 4.02. The highest BCUT2D eigenvalue weighted by atomic mass is 16.1. The van der Waals surface area contributed by atoms with E-state index in [9.17, 15) is 4.79 Å². The van der Waals surface area contributed by atoms with Gasteiger partial charge in [-0.25, -0.2) is 0 Å². The number of nitrogens with zero attached hydrogens (tertiary/aromatic N) is 3. The normalized spacial score (nSPS) is 14.5. The minimum absolute atomic E-state index is 0.0732. The highest BCUT2D eigenvalue weighted by Gasteiger charge is 2.20. The van der Waals surface area contributed by atoms with Crippen LogP contribution in [0.3, 0.4) is 0 Å². The zero-order chi connectivity index (χ0) is 21.8. The Morgan fingerprint density at radius 1 is 1.03 bits per heavy atom. The Bertz CT molecular complexity index is 1050. The molecule has 1 saturated heterocycles. The lowest BCUT2D eigenvalue weighted by Crippen LogP contribution is -2.19. The fourth-order valence-corrected chi connectivity index (χ4v) is 4.02. The molecule has 0 saturated carbocycles. The van der Waals surface area contributed by atoms with Crippen molar-refractivity contribution in [3.05, 3.63) is 77.7 Å². The van der Waals surface area contributed by atoms with Crippen molar-refractivity contribution in [3.63, 3.8) is 0 Å². The van der Waals surface area contributed by atoms with Gasteiger partial charge in [-0.3, -0.25) is 19.7 Å². The van der Waals surface area contributed by atoms with Crippen molar-refractivity contribution in [1.82, 2.24) is 14.9 Å². The van der Waals surface area contributed by atoms with Gasteiger partial charge >= 0.3 is 0 Å². The molecule has 1 amide bonds. The van der Waals surface area contributed by atoms with E-state index in [0.29, 0.717) is 5.56 Å². The van der Waals surface area contributed by atoms with E-state index < -0.39 is 0 Å². The van der Waals surface area contributed by atoms with Crippen LogP contribution in [0, 0.1) is 0 Å². The van der Waals surface area contributed by atoms with Crippen molar-refractivity contribution < 1.29 is 4.79 Å². The summed E-state index contributed by atoms with van der Waals surface area (Å²) in [7, 11) is 0. The minimum atomic E-state index is -0.176. The van der Waals surface area contributed by atoms with Gasteiger partial charge in [0.25, 0.3) is 5.91 Å². The first-order valence-corrected chi connectivity index (χ1v) is 10.9. The summed E-state index contributed by atoms with van der Waals surface area (Å²) < 4.78 is 0. The lowest BCUT2D eigenvalue weighted by atomic mass is 9.87. The van der Waals surface area contributed by atoms with Crippen LogP contribution in [0.1, 0.15) is 55.1 Å². The van der Waals surface area contributed by atoms with Crippen LogP contribution in [0.5, 0.6) is 0 Å². The van der Waals surface area contributed by atoms with E-state index in [2.05, 4.69) is 59.2 Å². The largest absolute Gasteiger partial charge is 0.322 e. The van der Waals surface area contributed by atoms with E-state index in [1.165, 1.54) is 18.4 Å². The molecule has 1 N–H and O–H groups in total. The van der Waals surface area contributed by atoms with Crippen molar-refractivity contribution in [2.45, 2.75) is 45.6 Å². The molecular formula is C26H30N4O. The molecule has 0 unspecified atom stereocenters. The zero-order valence-corrected chi connectivity index (χ0v) is 18.6. The monoisotopic (exact) mass is 414 g/mol. The summed E-state index contributed by atoms with van der Waals surface area (Å²) in [4.78, 5) is 24.5. The second-order valence-electron chi connectivity index (χ2n) is 9.20. The van der Waals surface area contributed by atoms with Crippen LogP contribution in [0.15, 0.2) is 61.1 Å². The minimum Gasteiger partial charge on any atom is -0.322 e. The SMILES string of the molecule is CC(C)(C)c1ccc(NC(=O)c2cnccc2-c2ncccc2CN2CCCC2)cc1. The van der Waals surface area contributed by atoms with E-state index in [-0.39, 0.29) is 11.3 Å². The molecular weight excluding hydrogens is 384 g/mol. The van der Waals surface area contributed by atoms with E-state index in [1.807, 2.05) is 24.3 Å². The Hall–Kier alpha value is -3.05. The van der Waals surface area contributed by atoms with Crippen LogP contribution in [0.4, 0.5) is 5.69 Å². The molecule has 0 spiro atoms. The number of pyridine rings is 2. The maximum atomic E-state index is 13.2. The van der Waals surface area contributed by atoms with Gasteiger partial charge in [-0.1, -0.05) is 39.0 Å². The Kier molecular flexibility index (Phi) is 6.14. The van der Waals surface area contributed by atoms with E-state index in [0.717, 1.165) is 42.1 Å². The first kappa shape index (κ1) is 21.2. The molecule has 1 aromatic carbocycles. The zero-order valence-electron chi connectivity index (χ0n) is 18.6. The third-order valence-electron chi connectivity index (χ3n) is 5.81. The quantitative estimate of drug-likeness (QED) is 0.616.